The maximum atomic E-state index is 10.7. The third-order valence-corrected chi connectivity index (χ3v) is 2.51. The first kappa shape index (κ1) is 20.1. The van der Waals surface area contributed by atoms with Crippen LogP contribution in [0.3, 0.4) is 0 Å². The van der Waals surface area contributed by atoms with Crippen LogP contribution in [0.15, 0.2) is 12.2 Å². The fourth-order valence-electron chi connectivity index (χ4n) is 0.665. The van der Waals surface area contributed by atoms with Gasteiger partial charge in [-0.1, -0.05) is 13.5 Å². The lowest BCUT2D eigenvalue weighted by Gasteiger charge is -2.08. The molecule has 0 heterocycles. The second kappa shape index (κ2) is 10.7. The van der Waals surface area contributed by atoms with Gasteiger partial charge in [-0.25, -0.2) is 9.36 Å². The van der Waals surface area contributed by atoms with E-state index in [4.69, 9.17) is 15.1 Å². The van der Waals surface area contributed by atoms with Gasteiger partial charge >= 0.3 is 19.8 Å². The van der Waals surface area contributed by atoms with Gasteiger partial charge in [0.15, 0.2) is 0 Å². The summed E-state index contributed by atoms with van der Waals surface area (Å²) >= 11 is 0. The van der Waals surface area contributed by atoms with Crippen molar-refractivity contribution in [2.75, 3.05) is 13.2 Å². The van der Waals surface area contributed by atoms with Crippen molar-refractivity contribution in [1.29, 1.82) is 0 Å². The lowest BCUT2D eigenvalue weighted by Crippen LogP contribution is -2.04. The minimum absolute atomic E-state index is 0.192. The monoisotopic (exact) mass is 298 g/mol. The highest BCUT2D eigenvalue weighted by molar-refractivity contribution is 7.47. The lowest BCUT2D eigenvalue weighted by atomic mass is 10.2. The number of hydrogen-bond donors (Lipinski definition) is 3. The van der Waals surface area contributed by atoms with Crippen LogP contribution in [0.2, 0.25) is 0 Å². The van der Waals surface area contributed by atoms with Crippen LogP contribution in [-0.4, -0.2) is 40.3 Å². The summed E-state index contributed by atoms with van der Waals surface area (Å²) in [5.41, 5.74) is -0.303. The van der Waals surface area contributed by atoms with E-state index in [1.54, 1.807) is 6.92 Å². The second-order valence-electron chi connectivity index (χ2n) is 3.20. The van der Waals surface area contributed by atoms with Gasteiger partial charge in [-0.15, -0.1) is 0 Å². The van der Waals surface area contributed by atoms with Crippen molar-refractivity contribution >= 4 is 19.8 Å². The third kappa shape index (κ3) is 14.7. The molecule has 0 radical (unpaired) electrons. The van der Waals surface area contributed by atoms with E-state index in [0.717, 1.165) is 0 Å². The number of phosphoric acid groups is 1. The Labute approximate surface area is 111 Å². The highest BCUT2D eigenvalue weighted by atomic mass is 31.2. The summed E-state index contributed by atoms with van der Waals surface area (Å²) in [5.74, 6) is -2.44. The van der Waals surface area contributed by atoms with Crippen molar-refractivity contribution in [1.82, 2.24) is 0 Å². The Balaban J connectivity index is 0. The fraction of sp³-hybridized carbons (Fsp3) is 0.600. The molecule has 19 heavy (non-hydrogen) atoms. The molecule has 0 aromatic heterocycles. The molecule has 3 N–H and O–H groups in total. The highest BCUT2D eigenvalue weighted by Crippen LogP contribution is 2.42. The Bertz CT molecular complexity index is 351. The fourth-order valence-corrected chi connectivity index (χ4v) is 1.48. The van der Waals surface area contributed by atoms with Crippen molar-refractivity contribution in [3.8, 4) is 0 Å². The highest BCUT2D eigenvalue weighted by Gasteiger charge is 2.18. The molecular weight excluding hydrogens is 279 g/mol. The summed E-state index contributed by atoms with van der Waals surface area (Å²) in [6, 6.07) is 0. The van der Waals surface area contributed by atoms with Crippen LogP contribution < -0.4 is 0 Å². The third-order valence-electron chi connectivity index (χ3n) is 1.42. The molecule has 0 amide bonds. The van der Waals surface area contributed by atoms with Gasteiger partial charge in [-0.2, -0.15) is 0 Å². The van der Waals surface area contributed by atoms with Crippen molar-refractivity contribution in [3.63, 3.8) is 0 Å². The molecule has 9 heteroatoms. The van der Waals surface area contributed by atoms with Crippen LogP contribution >= 0.6 is 7.82 Å². The molecule has 0 saturated heterocycles. The molecule has 112 valence electrons. The SMILES string of the molecule is C=C(CC(=O)O)C(=O)O.CCCOP(=O)(O)OCC. The number of rotatable bonds is 8. The maximum absolute atomic E-state index is 10.7. The van der Waals surface area contributed by atoms with E-state index < -0.39 is 26.2 Å². The molecular formula is C10H19O8P. The van der Waals surface area contributed by atoms with Crippen molar-refractivity contribution in [2.24, 2.45) is 0 Å². The Morgan fingerprint density at radius 1 is 1.21 bits per heavy atom. The molecule has 0 fully saturated rings. The van der Waals surface area contributed by atoms with Gasteiger partial charge in [0, 0.05) is 5.57 Å². The molecule has 1 unspecified atom stereocenters. The molecule has 1 atom stereocenters. The molecule has 0 spiro atoms. The molecule has 0 aliphatic rings. The Morgan fingerprint density at radius 2 is 1.74 bits per heavy atom. The first-order valence-corrected chi connectivity index (χ1v) is 6.90. The van der Waals surface area contributed by atoms with Crippen LogP contribution in [0.1, 0.15) is 26.7 Å². The van der Waals surface area contributed by atoms with E-state index in [1.165, 1.54) is 0 Å². The predicted molar refractivity (Wildman–Crippen MR) is 66.7 cm³/mol. The quantitative estimate of drug-likeness (QED) is 0.455. The average Bonchev–Trinajstić information content (AvgIpc) is 2.26. The summed E-state index contributed by atoms with van der Waals surface area (Å²) < 4.78 is 19.6. The van der Waals surface area contributed by atoms with Crippen LogP contribution in [-0.2, 0) is 23.2 Å². The zero-order valence-corrected chi connectivity index (χ0v) is 11.8. The minimum Gasteiger partial charge on any atom is -0.481 e. The van der Waals surface area contributed by atoms with Gasteiger partial charge < -0.3 is 15.1 Å². The Morgan fingerprint density at radius 3 is 2.00 bits per heavy atom. The predicted octanol–water partition coefficient (Wildman–Crippen LogP) is 1.65. The summed E-state index contributed by atoms with van der Waals surface area (Å²) in [6.07, 6.45) is 0.201. The summed E-state index contributed by atoms with van der Waals surface area (Å²) in [7, 11) is -3.71. The number of hydrogen-bond acceptors (Lipinski definition) is 5. The molecule has 0 rings (SSSR count). The van der Waals surface area contributed by atoms with Gasteiger partial charge in [0.05, 0.1) is 19.6 Å². The number of phosphoric ester groups is 1. The molecule has 0 aliphatic heterocycles. The topological polar surface area (TPSA) is 130 Å². The first-order valence-electron chi connectivity index (χ1n) is 5.41. The summed E-state index contributed by atoms with van der Waals surface area (Å²) in [6.45, 7) is 6.95. The molecule has 0 saturated carbocycles. The first-order chi connectivity index (χ1) is 8.66. The molecule has 0 aromatic carbocycles. The van der Waals surface area contributed by atoms with E-state index in [1.807, 2.05) is 6.92 Å². The Kier molecular flexibility index (Phi) is 11.3. The molecule has 0 bridgehead atoms. The zero-order valence-electron chi connectivity index (χ0n) is 10.9. The molecule has 0 aromatic rings. The minimum atomic E-state index is -3.71. The number of carboxylic acid groups (broad SMARTS) is 2. The molecule has 8 nitrogen and oxygen atoms in total. The van der Waals surface area contributed by atoms with Crippen LogP contribution in [0.25, 0.3) is 0 Å². The van der Waals surface area contributed by atoms with E-state index >= 15 is 0 Å². The van der Waals surface area contributed by atoms with Crippen LogP contribution in [0.4, 0.5) is 0 Å². The number of carboxylic acids is 2. The van der Waals surface area contributed by atoms with Crippen LogP contribution in [0.5, 0.6) is 0 Å². The van der Waals surface area contributed by atoms with Crippen LogP contribution in [0, 0.1) is 0 Å². The van der Waals surface area contributed by atoms with Gasteiger partial charge in [-0.05, 0) is 13.3 Å². The average molecular weight is 298 g/mol. The van der Waals surface area contributed by atoms with E-state index in [2.05, 4.69) is 15.6 Å². The maximum Gasteiger partial charge on any atom is 0.472 e. The standard InChI is InChI=1S/C5H13O4P.C5H6O4/c1-3-5-9-10(6,7)8-4-2;1-3(5(8)9)2-4(6)7/h3-5H2,1-2H3,(H,6,7);1-2H2,(H,6,7)(H,8,9). The van der Waals surface area contributed by atoms with E-state index in [0.29, 0.717) is 6.42 Å². The number of carbonyl (C=O) groups is 2. The van der Waals surface area contributed by atoms with Crippen molar-refractivity contribution < 1.29 is 38.3 Å². The van der Waals surface area contributed by atoms with E-state index in [9.17, 15) is 14.2 Å². The van der Waals surface area contributed by atoms with Crippen molar-refractivity contribution in [2.45, 2.75) is 26.7 Å². The van der Waals surface area contributed by atoms with Gasteiger partial charge in [0.1, 0.15) is 0 Å². The lowest BCUT2D eigenvalue weighted by molar-refractivity contribution is -0.139. The number of aliphatic carboxylic acids is 2. The second-order valence-corrected chi connectivity index (χ2v) is 4.65. The largest absolute Gasteiger partial charge is 0.481 e. The Hall–Kier alpha value is -1.21. The zero-order chi connectivity index (χ0) is 15.5. The summed E-state index contributed by atoms with van der Waals surface area (Å²) in [5, 5.41) is 16.1. The smallest absolute Gasteiger partial charge is 0.472 e. The summed E-state index contributed by atoms with van der Waals surface area (Å²) in [4.78, 5) is 28.4. The van der Waals surface area contributed by atoms with E-state index in [-0.39, 0.29) is 18.8 Å². The normalized spacial score (nSPS) is 12.8. The van der Waals surface area contributed by atoms with Crippen molar-refractivity contribution in [3.05, 3.63) is 12.2 Å². The van der Waals surface area contributed by atoms with Gasteiger partial charge in [0.25, 0.3) is 0 Å². The van der Waals surface area contributed by atoms with Gasteiger partial charge in [-0.3, -0.25) is 13.8 Å². The van der Waals surface area contributed by atoms with Gasteiger partial charge in [0.2, 0.25) is 0 Å². The molecule has 0 aliphatic carbocycles.